The van der Waals surface area contributed by atoms with Crippen LogP contribution in [0.4, 0.5) is 24.5 Å². The van der Waals surface area contributed by atoms with Crippen molar-refractivity contribution in [3.05, 3.63) is 59.7 Å². The molecule has 2 aromatic carbocycles. The Kier molecular flexibility index (Phi) is 3.43. The molecule has 19 heavy (non-hydrogen) atoms. The van der Waals surface area contributed by atoms with E-state index < -0.39 is 11.7 Å². The molecule has 0 saturated carbocycles. The van der Waals surface area contributed by atoms with Gasteiger partial charge in [0.05, 0.1) is 17.2 Å². The van der Waals surface area contributed by atoms with Gasteiger partial charge in [-0.2, -0.15) is 18.4 Å². The van der Waals surface area contributed by atoms with Crippen molar-refractivity contribution in [2.75, 3.05) is 5.32 Å². The maximum Gasteiger partial charge on any atom is 0.416 e. The van der Waals surface area contributed by atoms with E-state index in [9.17, 15) is 13.2 Å². The van der Waals surface area contributed by atoms with Crippen LogP contribution in [0.2, 0.25) is 0 Å². The molecule has 0 aliphatic carbocycles. The molecule has 2 rings (SSSR count). The quantitative estimate of drug-likeness (QED) is 0.874. The van der Waals surface area contributed by atoms with Crippen LogP contribution in [0.3, 0.4) is 0 Å². The molecule has 0 radical (unpaired) electrons. The van der Waals surface area contributed by atoms with E-state index in [4.69, 9.17) is 5.26 Å². The highest BCUT2D eigenvalue weighted by atomic mass is 19.4. The molecular formula is C14H9F3N2. The van der Waals surface area contributed by atoms with Gasteiger partial charge in [-0.1, -0.05) is 6.07 Å². The van der Waals surface area contributed by atoms with Crippen molar-refractivity contribution in [3.8, 4) is 6.07 Å². The molecule has 96 valence electrons. The topological polar surface area (TPSA) is 35.8 Å². The molecule has 0 heterocycles. The summed E-state index contributed by atoms with van der Waals surface area (Å²) in [5.41, 5.74) is 0.763. The van der Waals surface area contributed by atoms with Crippen LogP contribution >= 0.6 is 0 Å². The Morgan fingerprint density at radius 3 is 2.21 bits per heavy atom. The van der Waals surface area contributed by atoms with Crippen molar-refractivity contribution in [3.63, 3.8) is 0 Å². The number of hydrogen-bond donors (Lipinski definition) is 1. The van der Waals surface area contributed by atoms with Crippen LogP contribution in [0.1, 0.15) is 11.1 Å². The minimum absolute atomic E-state index is 0.347. The number of hydrogen-bond acceptors (Lipinski definition) is 2. The summed E-state index contributed by atoms with van der Waals surface area (Å²) >= 11 is 0. The van der Waals surface area contributed by atoms with Gasteiger partial charge in [0, 0.05) is 11.4 Å². The van der Waals surface area contributed by atoms with E-state index in [2.05, 4.69) is 5.32 Å². The minimum Gasteiger partial charge on any atom is -0.356 e. The Morgan fingerprint density at radius 1 is 0.947 bits per heavy atom. The van der Waals surface area contributed by atoms with Crippen molar-refractivity contribution in [2.24, 2.45) is 0 Å². The Bertz CT molecular complexity index is 610. The Hall–Kier alpha value is -2.48. The predicted octanol–water partition coefficient (Wildman–Crippen LogP) is 4.32. The van der Waals surface area contributed by atoms with Crippen molar-refractivity contribution < 1.29 is 13.2 Å². The van der Waals surface area contributed by atoms with Crippen LogP contribution < -0.4 is 5.32 Å². The summed E-state index contributed by atoms with van der Waals surface area (Å²) in [7, 11) is 0. The van der Waals surface area contributed by atoms with E-state index in [-0.39, 0.29) is 0 Å². The summed E-state index contributed by atoms with van der Waals surface area (Å²) < 4.78 is 37.6. The Morgan fingerprint density at radius 2 is 1.63 bits per heavy atom. The zero-order valence-electron chi connectivity index (χ0n) is 9.70. The van der Waals surface area contributed by atoms with Gasteiger partial charge in [-0.15, -0.1) is 0 Å². The van der Waals surface area contributed by atoms with Gasteiger partial charge in [0.2, 0.25) is 0 Å². The second-order valence-electron chi connectivity index (χ2n) is 3.89. The van der Waals surface area contributed by atoms with Gasteiger partial charge in [0.25, 0.3) is 0 Å². The van der Waals surface area contributed by atoms with E-state index >= 15 is 0 Å². The highest BCUT2D eigenvalue weighted by Crippen LogP contribution is 2.31. The van der Waals surface area contributed by atoms with Gasteiger partial charge in [0.1, 0.15) is 0 Å². The number of alkyl halides is 3. The van der Waals surface area contributed by atoms with Crippen molar-refractivity contribution in [1.82, 2.24) is 0 Å². The molecular weight excluding hydrogens is 253 g/mol. The van der Waals surface area contributed by atoms with Gasteiger partial charge in [-0.25, -0.2) is 0 Å². The normalized spacial score (nSPS) is 10.8. The first-order valence-corrected chi connectivity index (χ1v) is 5.43. The minimum atomic E-state index is -4.36. The standard InChI is InChI=1S/C14H9F3N2/c15-14(16,17)11-2-1-3-13(8-11)19-12-6-4-10(9-18)5-7-12/h1-8,19H. The summed E-state index contributed by atoms with van der Waals surface area (Å²) in [6, 6.07) is 13.4. The highest BCUT2D eigenvalue weighted by molar-refractivity contribution is 5.61. The summed E-state index contributed by atoms with van der Waals surface area (Å²) in [6.07, 6.45) is -4.36. The first-order chi connectivity index (χ1) is 8.99. The van der Waals surface area contributed by atoms with E-state index in [1.807, 2.05) is 6.07 Å². The van der Waals surface area contributed by atoms with E-state index in [0.29, 0.717) is 16.9 Å². The summed E-state index contributed by atoms with van der Waals surface area (Å²) in [4.78, 5) is 0. The summed E-state index contributed by atoms with van der Waals surface area (Å²) in [5, 5.41) is 11.5. The van der Waals surface area contributed by atoms with Gasteiger partial charge >= 0.3 is 6.18 Å². The van der Waals surface area contributed by atoms with Gasteiger partial charge in [-0.3, -0.25) is 0 Å². The number of halogens is 3. The molecule has 1 N–H and O–H groups in total. The molecule has 0 aliphatic rings. The number of benzene rings is 2. The molecule has 0 saturated heterocycles. The van der Waals surface area contributed by atoms with Gasteiger partial charge in [-0.05, 0) is 42.5 Å². The first kappa shape index (κ1) is 13.0. The fourth-order valence-corrected chi connectivity index (χ4v) is 1.57. The number of nitrogens with zero attached hydrogens (tertiary/aromatic N) is 1. The lowest BCUT2D eigenvalue weighted by Crippen LogP contribution is -2.05. The molecule has 0 spiro atoms. The van der Waals surface area contributed by atoms with E-state index in [0.717, 1.165) is 12.1 Å². The molecule has 0 aliphatic heterocycles. The largest absolute Gasteiger partial charge is 0.416 e. The molecule has 0 fully saturated rings. The van der Waals surface area contributed by atoms with Gasteiger partial charge < -0.3 is 5.32 Å². The monoisotopic (exact) mass is 262 g/mol. The smallest absolute Gasteiger partial charge is 0.356 e. The molecule has 0 bridgehead atoms. The van der Waals surface area contributed by atoms with Crippen LogP contribution in [-0.4, -0.2) is 0 Å². The van der Waals surface area contributed by atoms with Gasteiger partial charge in [0.15, 0.2) is 0 Å². The second kappa shape index (κ2) is 5.02. The fourth-order valence-electron chi connectivity index (χ4n) is 1.57. The van der Waals surface area contributed by atoms with E-state index in [1.54, 1.807) is 30.3 Å². The first-order valence-electron chi connectivity index (χ1n) is 5.43. The summed E-state index contributed by atoms with van der Waals surface area (Å²) in [6.45, 7) is 0. The third kappa shape index (κ3) is 3.26. The highest BCUT2D eigenvalue weighted by Gasteiger charge is 2.30. The SMILES string of the molecule is N#Cc1ccc(Nc2cccc(C(F)(F)F)c2)cc1. The number of rotatable bonds is 2. The van der Waals surface area contributed by atoms with Crippen LogP contribution in [0.15, 0.2) is 48.5 Å². The number of anilines is 2. The zero-order valence-corrected chi connectivity index (χ0v) is 9.70. The number of nitriles is 1. The maximum absolute atomic E-state index is 12.5. The van der Waals surface area contributed by atoms with Crippen LogP contribution in [0.25, 0.3) is 0 Å². The third-order valence-corrected chi connectivity index (χ3v) is 2.49. The molecule has 2 aromatic rings. The molecule has 2 nitrogen and oxygen atoms in total. The fraction of sp³-hybridized carbons (Fsp3) is 0.0714. The van der Waals surface area contributed by atoms with Crippen molar-refractivity contribution in [2.45, 2.75) is 6.18 Å². The average molecular weight is 262 g/mol. The van der Waals surface area contributed by atoms with Crippen LogP contribution in [0, 0.1) is 11.3 Å². The molecule has 5 heteroatoms. The summed E-state index contributed by atoms with van der Waals surface area (Å²) in [5.74, 6) is 0. The molecule has 0 unspecified atom stereocenters. The predicted molar refractivity (Wildman–Crippen MR) is 65.9 cm³/mol. The van der Waals surface area contributed by atoms with Crippen LogP contribution in [-0.2, 0) is 6.18 Å². The Balaban J connectivity index is 2.21. The maximum atomic E-state index is 12.5. The molecule has 0 atom stereocenters. The number of nitrogens with one attached hydrogen (secondary N) is 1. The zero-order chi connectivity index (χ0) is 13.9. The lowest BCUT2D eigenvalue weighted by Gasteiger charge is -2.10. The third-order valence-electron chi connectivity index (χ3n) is 2.49. The van der Waals surface area contributed by atoms with Crippen LogP contribution in [0.5, 0.6) is 0 Å². The molecule has 0 amide bonds. The average Bonchev–Trinajstić information content (AvgIpc) is 2.39. The Labute approximate surface area is 108 Å². The lowest BCUT2D eigenvalue weighted by atomic mass is 10.1. The molecule has 0 aromatic heterocycles. The second-order valence-corrected chi connectivity index (χ2v) is 3.89. The lowest BCUT2D eigenvalue weighted by molar-refractivity contribution is -0.137. The van der Waals surface area contributed by atoms with Crippen molar-refractivity contribution >= 4 is 11.4 Å². The van der Waals surface area contributed by atoms with Crippen molar-refractivity contribution in [1.29, 1.82) is 5.26 Å². The van der Waals surface area contributed by atoms with E-state index in [1.165, 1.54) is 6.07 Å².